The van der Waals surface area contributed by atoms with Gasteiger partial charge in [-0.2, -0.15) is 4.98 Å². The molecular weight excluding hydrogens is 406 g/mol. The maximum absolute atomic E-state index is 13.5. The number of rotatable bonds is 4. The number of aromatic nitrogens is 4. The van der Waals surface area contributed by atoms with E-state index < -0.39 is 0 Å². The Morgan fingerprint density at radius 3 is 2.44 bits per heavy atom. The normalized spacial score (nSPS) is 15.7. The van der Waals surface area contributed by atoms with E-state index in [0.29, 0.717) is 29.6 Å². The molecule has 2 aromatic heterocycles. The first-order valence-electron chi connectivity index (χ1n) is 10.6. The van der Waals surface area contributed by atoms with Gasteiger partial charge in [-0.15, -0.1) is 0 Å². The predicted octanol–water partition coefficient (Wildman–Crippen LogP) is 2.74. The third-order valence-corrected chi connectivity index (χ3v) is 6.01. The van der Waals surface area contributed by atoms with Crippen molar-refractivity contribution in [2.45, 2.75) is 20.0 Å². The van der Waals surface area contributed by atoms with E-state index in [1.165, 1.54) is 9.13 Å². The molecule has 32 heavy (non-hydrogen) atoms. The molecule has 4 aromatic rings. The van der Waals surface area contributed by atoms with Crippen molar-refractivity contribution in [1.82, 2.24) is 18.7 Å². The standard InChI is InChI=1S/C24H25N5O3/c1-16-13-27(18-9-11-19(32-3)12-10-18)23-25-21-20(28(23)14-16)22(30)29(24(31)26(21)2)15-17-7-5-4-6-8-17/h4-12,16H,13-15H2,1-3H3. The molecule has 8 nitrogen and oxygen atoms in total. The summed E-state index contributed by atoms with van der Waals surface area (Å²) < 4.78 is 10.0. The number of aryl methyl sites for hydroxylation is 1. The van der Waals surface area contributed by atoms with E-state index in [0.717, 1.165) is 23.5 Å². The van der Waals surface area contributed by atoms with Crippen molar-refractivity contribution in [1.29, 1.82) is 0 Å². The second kappa shape index (κ2) is 7.71. The smallest absolute Gasteiger partial charge is 0.332 e. The Bertz CT molecular complexity index is 1400. The zero-order valence-corrected chi connectivity index (χ0v) is 18.4. The minimum Gasteiger partial charge on any atom is -0.497 e. The summed E-state index contributed by atoms with van der Waals surface area (Å²) >= 11 is 0. The number of hydrogen-bond acceptors (Lipinski definition) is 5. The first-order valence-corrected chi connectivity index (χ1v) is 10.6. The van der Waals surface area contributed by atoms with Crippen LogP contribution >= 0.6 is 0 Å². The molecule has 0 radical (unpaired) electrons. The van der Waals surface area contributed by atoms with E-state index in [-0.39, 0.29) is 17.8 Å². The van der Waals surface area contributed by atoms with E-state index in [9.17, 15) is 9.59 Å². The highest BCUT2D eigenvalue weighted by atomic mass is 16.5. The lowest BCUT2D eigenvalue weighted by Gasteiger charge is -2.33. The van der Waals surface area contributed by atoms with Gasteiger partial charge in [0.05, 0.1) is 13.7 Å². The molecule has 0 saturated heterocycles. The van der Waals surface area contributed by atoms with Crippen molar-refractivity contribution < 1.29 is 4.74 Å². The van der Waals surface area contributed by atoms with Crippen molar-refractivity contribution in [3.63, 3.8) is 0 Å². The number of imidazole rings is 1. The van der Waals surface area contributed by atoms with Crippen molar-refractivity contribution in [2.75, 3.05) is 18.6 Å². The first kappa shape index (κ1) is 20.1. The first-order chi connectivity index (χ1) is 15.5. The monoisotopic (exact) mass is 431 g/mol. The third kappa shape index (κ3) is 3.19. The lowest BCUT2D eigenvalue weighted by atomic mass is 10.1. The number of fused-ring (bicyclic) bond motifs is 3. The summed E-state index contributed by atoms with van der Waals surface area (Å²) in [5, 5.41) is 0. The molecule has 0 fully saturated rings. The molecule has 0 N–H and O–H groups in total. The Hall–Kier alpha value is -3.81. The van der Waals surface area contributed by atoms with Gasteiger partial charge in [-0.3, -0.25) is 13.9 Å². The van der Waals surface area contributed by atoms with Gasteiger partial charge in [0, 0.05) is 25.8 Å². The number of methoxy groups -OCH3 is 1. The van der Waals surface area contributed by atoms with Gasteiger partial charge in [-0.25, -0.2) is 4.79 Å². The van der Waals surface area contributed by atoms with Crippen LogP contribution in [0.5, 0.6) is 5.75 Å². The summed E-state index contributed by atoms with van der Waals surface area (Å²) in [6.07, 6.45) is 0. The lowest BCUT2D eigenvalue weighted by Crippen LogP contribution is -2.40. The highest BCUT2D eigenvalue weighted by Crippen LogP contribution is 2.33. The van der Waals surface area contributed by atoms with E-state index in [1.807, 2.05) is 59.2 Å². The summed E-state index contributed by atoms with van der Waals surface area (Å²) in [6, 6.07) is 17.3. The van der Waals surface area contributed by atoms with E-state index in [1.54, 1.807) is 14.2 Å². The molecular formula is C24H25N5O3. The summed E-state index contributed by atoms with van der Waals surface area (Å²) in [7, 11) is 3.31. The minimum absolute atomic E-state index is 0.223. The van der Waals surface area contributed by atoms with Gasteiger partial charge < -0.3 is 14.2 Å². The average Bonchev–Trinajstić information content (AvgIpc) is 3.20. The van der Waals surface area contributed by atoms with Gasteiger partial charge in [0.25, 0.3) is 5.56 Å². The average molecular weight is 431 g/mol. The molecule has 164 valence electrons. The van der Waals surface area contributed by atoms with Crippen molar-refractivity contribution in [2.24, 2.45) is 13.0 Å². The molecule has 1 atom stereocenters. The summed E-state index contributed by atoms with van der Waals surface area (Å²) in [6.45, 7) is 3.80. The second-order valence-electron chi connectivity index (χ2n) is 8.33. The van der Waals surface area contributed by atoms with Gasteiger partial charge >= 0.3 is 5.69 Å². The lowest BCUT2D eigenvalue weighted by molar-refractivity contribution is 0.414. The second-order valence-corrected chi connectivity index (χ2v) is 8.33. The van der Waals surface area contributed by atoms with E-state index in [4.69, 9.17) is 9.72 Å². The maximum Gasteiger partial charge on any atom is 0.332 e. The molecule has 0 spiro atoms. The van der Waals surface area contributed by atoms with Crippen LogP contribution in [0.2, 0.25) is 0 Å². The number of nitrogens with zero attached hydrogens (tertiary/aromatic N) is 5. The molecule has 5 rings (SSSR count). The van der Waals surface area contributed by atoms with Crippen LogP contribution < -0.4 is 20.9 Å². The van der Waals surface area contributed by atoms with Crippen molar-refractivity contribution in [3.8, 4) is 5.75 Å². The highest BCUT2D eigenvalue weighted by molar-refractivity contribution is 5.77. The zero-order valence-electron chi connectivity index (χ0n) is 18.4. The molecule has 1 unspecified atom stereocenters. The van der Waals surface area contributed by atoms with Gasteiger partial charge in [-0.1, -0.05) is 37.3 Å². The Balaban J connectivity index is 1.70. The SMILES string of the molecule is COc1ccc(N2CC(C)Cn3c2nc2c3c(=O)n(Cc3ccccc3)c(=O)n2C)cc1. The van der Waals surface area contributed by atoms with Gasteiger partial charge in [0.15, 0.2) is 11.2 Å². The van der Waals surface area contributed by atoms with Gasteiger partial charge in [-0.05, 0) is 35.7 Å². The van der Waals surface area contributed by atoms with Crippen LogP contribution in [-0.4, -0.2) is 32.3 Å². The fourth-order valence-electron chi connectivity index (χ4n) is 4.39. The topological polar surface area (TPSA) is 74.3 Å². The molecule has 0 aliphatic carbocycles. The van der Waals surface area contributed by atoms with Crippen molar-refractivity contribution >= 4 is 22.8 Å². The number of anilines is 2. The quantitative estimate of drug-likeness (QED) is 0.497. The Morgan fingerprint density at radius 1 is 1.03 bits per heavy atom. The third-order valence-electron chi connectivity index (χ3n) is 6.01. The predicted molar refractivity (Wildman–Crippen MR) is 124 cm³/mol. The van der Waals surface area contributed by atoms with Crippen LogP contribution in [0.1, 0.15) is 12.5 Å². The molecule has 0 amide bonds. The van der Waals surface area contributed by atoms with Crippen LogP contribution in [0.4, 0.5) is 11.6 Å². The van der Waals surface area contributed by atoms with E-state index >= 15 is 0 Å². The Labute approximate surface area is 184 Å². The highest BCUT2D eigenvalue weighted by Gasteiger charge is 2.29. The van der Waals surface area contributed by atoms with Crippen LogP contribution in [0.15, 0.2) is 64.2 Å². The number of hydrogen-bond donors (Lipinski definition) is 0. The zero-order chi connectivity index (χ0) is 22.4. The molecule has 3 heterocycles. The van der Waals surface area contributed by atoms with Crippen LogP contribution in [-0.2, 0) is 20.1 Å². The van der Waals surface area contributed by atoms with E-state index in [2.05, 4.69) is 11.8 Å². The van der Waals surface area contributed by atoms with Gasteiger partial charge in [0.1, 0.15) is 5.75 Å². The molecule has 0 saturated carbocycles. The van der Waals surface area contributed by atoms with Crippen LogP contribution in [0, 0.1) is 5.92 Å². The molecule has 2 aromatic carbocycles. The Kier molecular flexibility index (Phi) is 4.84. The number of benzene rings is 2. The number of ether oxygens (including phenoxy) is 1. The largest absolute Gasteiger partial charge is 0.497 e. The summed E-state index contributed by atoms with van der Waals surface area (Å²) in [4.78, 5) is 33.4. The molecule has 8 heteroatoms. The maximum atomic E-state index is 13.5. The minimum atomic E-state index is -0.370. The van der Waals surface area contributed by atoms with Crippen LogP contribution in [0.25, 0.3) is 11.2 Å². The fraction of sp³-hybridized carbons (Fsp3) is 0.292. The molecule has 1 aliphatic heterocycles. The summed E-state index contributed by atoms with van der Waals surface area (Å²) in [5.41, 5.74) is 2.05. The molecule has 1 aliphatic rings. The fourth-order valence-corrected chi connectivity index (χ4v) is 4.39. The Morgan fingerprint density at radius 2 is 1.75 bits per heavy atom. The van der Waals surface area contributed by atoms with Crippen LogP contribution in [0.3, 0.4) is 0 Å². The molecule has 0 bridgehead atoms. The van der Waals surface area contributed by atoms with Crippen molar-refractivity contribution in [3.05, 3.63) is 81.0 Å². The summed E-state index contributed by atoms with van der Waals surface area (Å²) in [5.74, 6) is 1.74. The van der Waals surface area contributed by atoms with Gasteiger partial charge in [0.2, 0.25) is 5.95 Å².